The molecular formula is C12H17ClN4O3S. The lowest BCUT2D eigenvalue weighted by molar-refractivity contribution is -0.116. The average Bonchev–Trinajstić information content (AvgIpc) is 3.10. The van der Waals surface area contributed by atoms with E-state index >= 15 is 0 Å². The van der Waals surface area contributed by atoms with E-state index in [1.807, 2.05) is 0 Å². The number of hydrogen-bond acceptors (Lipinski definition) is 4. The maximum Gasteiger partial charge on any atom is 0.240 e. The van der Waals surface area contributed by atoms with E-state index in [1.165, 1.54) is 8.99 Å². The van der Waals surface area contributed by atoms with Gasteiger partial charge in [-0.1, -0.05) is 11.6 Å². The number of nitrogens with zero attached hydrogens (tertiary/aromatic N) is 3. The van der Waals surface area contributed by atoms with Crippen molar-refractivity contribution < 1.29 is 13.2 Å². The highest BCUT2D eigenvalue weighted by atomic mass is 35.5. The normalized spacial score (nSPS) is 23.1. The minimum atomic E-state index is -3.37. The van der Waals surface area contributed by atoms with E-state index in [-0.39, 0.29) is 12.4 Å². The Morgan fingerprint density at radius 1 is 1.48 bits per heavy atom. The van der Waals surface area contributed by atoms with Gasteiger partial charge < -0.3 is 5.32 Å². The smallest absolute Gasteiger partial charge is 0.240 e. The first-order chi connectivity index (χ1) is 9.84. The van der Waals surface area contributed by atoms with E-state index in [9.17, 15) is 13.2 Å². The number of carbonyl (C=O) groups excluding carboxylic acids is 1. The van der Waals surface area contributed by atoms with Crippen molar-refractivity contribution in [2.24, 2.45) is 7.05 Å². The highest BCUT2D eigenvalue weighted by molar-refractivity contribution is 7.90. The molecule has 2 fully saturated rings. The predicted molar refractivity (Wildman–Crippen MR) is 78.5 cm³/mol. The molecule has 1 aliphatic carbocycles. The number of amides is 1. The monoisotopic (exact) mass is 332 g/mol. The fraction of sp³-hybridized carbons (Fsp3) is 0.667. The second-order valence-corrected chi connectivity index (χ2v) is 8.41. The van der Waals surface area contributed by atoms with Crippen LogP contribution in [-0.4, -0.2) is 46.2 Å². The zero-order valence-electron chi connectivity index (χ0n) is 11.7. The van der Waals surface area contributed by atoms with Gasteiger partial charge in [0.1, 0.15) is 5.02 Å². The Balaban J connectivity index is 1.69. The molecule has 2 heterocycles. The molecule has 0 atom stereocenters. The molecule has 1 aromatic heterocycles. The second-order valence-electron chi connectivity index (χ2n) is 5.67. The molecule has 0 bridgehead atoms. The van der Waals surface area contributed by atoms with Crippen LogP contribution in [0.4, 0.5) is 5.82 Å². The Hall–Kier alpha value is -1.12. The molecule has 1 saturated heterocycles. The van der Waals surface area contributed by atoms with Gasteiger partial charge in [-0.05, 0) is 25.7 Å². The quantitative estimate of drug-likeness (QED) is 0.894. The Labute approximate surface area is 128 Å². The third kappa shape index (κ3) is 2.56. The molecule has 1 aliphatic heterocycles. The lowest BCUT2D eigenvalue weighted by atomic mass is 10.2. The van der Waals surface area contributed by atoms with Crippen LogP contribution in [0.3, 0.4) is 0 Å². The van der Waals surface area contributed by atoms with Gasteiger partial charge in [0.2, 0.25) is 15.9 Å². The first-order valence-corrected chi connectivity index (χ1v) is 8.65. The van der Waals surface area contributed by atoms with E-state index in [0.29, 0.717) is 30.8 Å². The molecule has 21 heavy (non-hydrogen) atoms. The summed E-state index contributed by atoms with van der Waals surface area (Å²) < 4.78 is 27.1. The molecule has 116 valence electrons. The summed E-state index contributed by atoms with van der Waals surface area (Å²) in [6.07, 6.45) is 4.49. The van der Waals surface area contributed by atoms with Crippen molar-refractivity contribution in [3.05, 3.63) is 11.2 Å². The van der Waals surface area contributed by atoms with Crippen molar-refractivity contribution in [1.29, 1.82) is 0 Å². The third-order valence-electron chi connectivity index (χ3n) is 4.10. The molecule has 2 aliphatic rings. The summed E-state index contributed by atoms with van der Waals surface area (Å²) in [6.45, 7) is 0.213. The Morgan fingerprint density at radius 2 is 2.19 bits per heavy atom. The van der Waals surface area contributed by atoms with Crippen LogP contribution in [-0.2, 0) is 21.9 Å². The minimum absolute atomic E-state index is 0.184. The van der Waals surface area contributed by atoms with Crippen molar-refractivity contribution in [2.45, 2.75) is 30.4 Å². The van der Waals surface area contributed by atoms with Crippen molar-refractivity contribution >= 4 is 33.3 Å². The number of hydrogen-bond donors (Lipinski definition) is 1. The van der Waals surface area contributed by atoms with Crippen LogP contribution in [0.2, 0.25) is 5.02 Å². The average molecular weight is 333 g/mol. The summed E-state index contributed by atoms with van der Waals surface area (Å²) in [4.78, 5) is 12.0. The molecular weight excluding hydrogens is 316 g/mol. The van der Waals surface area contributed by atoms with Gasteiger partial charge in [0.25, 0.3) is 0 Å². The highest BCUT2D eigenvalue weighted by Gasteiger charge is 2.58. The lowest BCUT2D eigenvalue weighted by Gasteiger charge is -2.31. The van der Waals surface area contributed by atoms with Gasteiger partial charge in [-0.3, -0.25) is 9.48 Å². The highest BCUT2D eigenvalue weighted by Crippen LogP contribution is 2.50. The Morgan fingerprint density at radius 3 is 2.76 bits per heavy atom. The van der Waals surface area contributed by atoms with Gasteiger partial charge in [-0.2, -0.15) is 9.40 Å². The number of halogens is 1. The number of aromatic nitrogens is 2. The number of nitrogens with one attached hydrogen (secondary N) is 1. The summed E-state index contributed by atoms with van der Waals surface area (Å²) in [5.74, 6) is -0.170. The molecule has 3 rings (SSSR count). The van der Waals surface area contributed by atoms with Gasteiger partial charge in [0, 0.05) is 19.8 Å². The Kier molecular flexibility index (Phi) is 3.50. The predicted octanol–water partition coefficient (Wildman–Crippen LogP) is 0.970. The zero-order chi connectivity index (χ0) is 15.3. The molecule has 9 heteroatoms. The Bertz CT molecular complexity index is 681. The molecule has 1 aromatic rings. The van der Waals surface area contributed by atoms with Crippen molar-refractivity contribution in [2.75, 3.05) is 18.4 Å². The van der Waals surface area contributed by atoms with E-state index in [0.717, 1.165) is 6.42 Å². The van der Waals surface area contributed by atoms with Crippen LogP contribution >= 0.6 is 11.6 Å². The van der Waals surface area contributed by atoms with E-state index < -0.39 is 20.7 Å². The zero-order valence-corrected chi connectivity index (χ0v) is 13.2. The van der Waals surface area contributed by atoms with Crippen molar-refractivity contribution in [3.8, 4) is 0 Å². The van der Waals surface area contributed by atoms with Crippen LogP contribution in [0.25, 0.3) is 0 Å². The molecule has 1 spiro atoms. The molecule has 0 radical (unpaired) electrons. The van der Waals surface area contributed by atoms with E-state index in [1.54, 1.807) is 13.2 Å². The largest absolute Gasteiger partial charge is 0.307 e. The van der Waals surface area contributed by atoms with Crippen LogP contribution in [0, 0.1) is 0 Å². The van der Waals surface area contributed by atoms with Crippen LogP contribution < -0.4 is 5.32 Å². The number of anilines is 1. The van der Waals surface area contributed by atoms with E-state index in [4.69, 9.17) is 11.6 Å². The fourth-order valence-electron chi connectivity index (χ4n) is 2.79. The van der Waals surface area contributed by atoms with Crippen molar-refractivity contribution in [1.82, 2.24) is 14.1 Å². The van der Waals surface area contributed by atoms with Crippen LogP contribution in [0.1, 0.15) is 25.7 Å². The standard InChI is InChI=1S/C12H17ClN4O3S/c1-16-7-9(13)11(15-16)14-10(18)8-17-6-2-3-12(4-5-12)21(17,19)20/h7H,2-6,8H2,1H3,(H,14,15,18). The SMILES string of the molecule is Cn1cc(Cl)c(NC(=O)CN2CCCC3(CC3)S2(=O)=O)n1. The van der Waals surface area contributed by atoms with Gasteiger partial charge >= 0.3 is 0 Å². The summed E-state index contributed by atoms with van der Waals surface area (Å²) in [6, 6.07) is 0. The number of carbonyl (C=O) groups is 1. The summed E-state index contributed by atoms with van der Waals surface area (Å²) in [7, 11) is -1.68. The molecule has 1 saturated carbocycles. The van der Waals surface area contributed by atoms with Crippen LogP contribution in [0.5, 0.6) is 0 Å². The van der Waals surface area contributed by atoms with Gasteiger partial charge in [-0.15, -0.1) is 0 Å². The van der Waals surface area contributed by atoms with Crippen molar-refractivity contribution in [3.63, 3.8) is 0 Å². The second kappa shape index (κ2) is 4.96. The topological polar surface area (TPSA) is 84.3 Å². The first kappa shape index (κ1) is 14.8. The lowest BCUT2D eigenvalue weighted by Crippen LogP contribution is -2.48. The third-order valence-corrected chi connectivity index (χ3v) is 7.07. The fourth-order valence-corrected chi connectivity index (χ4v) is 5.24. The summed E-state index contributed by atoms with van der Waals surface area (Å²) >= 11 is 5.91. The van der Waals surface area contributed by atoms with Crippen LogP contribution in [0.15, 0.2) is 6.20 Å². The molecule has 0 unspecified atom stereocenters. The number of rotatable bonds is 3. The number of sulfonamides is 1. The molecule has 0 aromatic carbocycles. The summed E-state index contributed by atoms with van der Waals surface area (Å²) in [5.41, 5.74) is 0. The maximum absolute atomic E-state index is 12.5. The van der Waals surface area contributed by atoms with Gasteiger partial charge in [0.05, 0.1) is 11.3 Å². The number of aryl methyl sites for hydroxylation is 1. The van der Waals surface area contributed by atoms with Gasteiger partial charge in [-0.25, -0.2) is 8.42 Å². The summed E-state index contributed by atoms with van der Waals surface area (Å²) in [5, 5.41) is 6.89. The molecule has 1 N–H and O–H groups in total. The molecule has 1 amide bonds. The minimum Gasteiger partial charge on any atom is -0.307 e. The first-order valence-electron chi connectivity index (χ1n) is 6.83. The van der Waals surface area contributed by atoms with E-state index in [2.05, 4.69) is 10.4 Å². The maximum atomic E-state index is 12.5. The van der Waals surface area contributed by atoms with Gasteiger partial charge in [0.15, 0.2) is 5.82 Å². The molecule has 7 nitrogen and oxygen atoms in total.